The molecule has 0 bridgehead atoms. The van der Waals surface area contributed by atoms with Crippen LogP contribution in [0, 0.1) is 6.92 Å². The summed E-state index contributed by atoms with van der Waals surface area (Å²) in [5.74, 6) is -1.41. The van der Waals surface area contributed by atoms with Gasteiger partial charge in [-0.3, -0.25) is 9.48 Å². The van der Waals surface area contributed by atoms with E-state index in [9.17, 15) is 9.59 Å². The van der Waals surface area contributed by atoms with E-state index in [1.807, 2.05) is 6.92 Å². The second-order valence-electron chi connectivity index (χ2n) is 4.30. The fraction of sp³-hybridized carbons (Fsp3) is 0.583. The Morgan fingerprint density at radius 2 is 2.22 bits per heavy atom. The van der Waals surface area contributed by atoms with Gasteiger partial charge in [0.1, 0.15) is 11.7 Å². The van der Waals surface area contributed by atoms with Crippen LogP contribution in [0.15, 0.2) is 6.07 Å². The summed E-state index contributed by atoms with van der Waals surface area (Å²) in [5.41, 5.74) is 1.10. The number of hydrogen-bond donors (Lipinski definition) is 2. The van der Waals surface area contributed by atoms with E-state index in [1.165, 1.54) is 4.68 Å². The molecule has 1 unspecified atom stereocenters. The molecule has 1 rings (SSSR count). The number of nitrogens with zero attached hydrogens (tertiary/aromatic N) is 2. The summed E-state index contributed by atoms with van der Waals surface area (Å²) >= 11 is 0. The Hall–Kier alpha value is -1.85. The van der Waals surface area contributed by atoms with E-state index in [1.54, 1.807) is 20.0 Å². The molecular weight excluding hydrogens is 234 g/mol. The second-order valence-corrected chi connectivity index (χ2v) is 4.30. The van der Waals surface area contributed by atoms with Crippen molar-refractivity contribution in [2.75, 3.05) is 0 Å². The Balaban J connectivity index is 2.72. The van der Waals surface area contributed by atoms with Gasteiger partial charge in [0.15, 0.2) is 0 Å². The summed E-state index contributed by atoms with van der Waals surface area (Å²) in [7, 11) is 1.66. The topological polar surface area (TPSA) is 84.2 Å². The molecule has 1 heterocycles. The summed E-state index contributed by atoms with van der Waals surface area (Å²) in [6, 6.07) is 0.793. The first kappa shape index (κ1) is 14.2. The molecule has 1 amide bonds. The van der Waals surface area contributed by atoms with Crippen molar-refractivity contribution in [2.45, 2.75) is 39.2 Å². The highest BCUT2D eigenvalue weighted by Crippen LogP contribution is 2.05. The van der Waals surface area contributed by atoms with Crippen LogP contribution in [-0.4, -0.2) is 32.8 Å². The highest BCUT2D eigenvalue weighted by molar-refractivity contribution is 5.95. The summed E-state index contributed by atoms with van der Waals surface area (Å²) in [6.45, 7) is 3.76. The van der Waals surface area contributed by atoms with Gasteiger partial charge in [0.2, 0.25) is 0 Å². The molecule has 0 aliphatic carbocycles. The number of aromatic nitrogens is 2. The van der Waals surface area contributed by atoms with Crippen molar-refractivity contribution < 1.29 is 14.7 Å². The summed E-state index contributed by atoms with van der Waals surface area (Å²) in [5, 5.41) is 15.6. The number of carbonyl (C=O) groups excluding carboxylic acids is 1. The molecule has 0 aliphatic rings. The number of nitrogens with one attached hydrogen (secondary N) is 1. The Morgan fingerprint density at radius 1 is 1.56 bits per heavy atom. The van der Waals surface area contributed by atoms with Gasteiger partial charge in [-0.15, -0.1) is 0 Å². The van der Waals surface area contributed by atoms with E-state index in [0.717, 1.165) is 18.5 Å². The van der Waals surface area contributed by atoms with Crippen molar-refractivity contribution in [1.29, 1.82) is 0 Å². The zero-order valence-corrected chi connectivity index (χ0v) is 10.9. The van der Waals surface area contributed by atoms with Crippen molar-refractivity contribution in [2.24, 2.45) is 7.05 Å². The van der Waals surface area contributed by atoms with Gasteiger partial charge in [0, 0.05) is 7.05 Å². The van der Waals surface area contributed by atoms with Crippen LogP contribution < -0.4 is 5.32 Å². The lowest BCUT2D eigenvalue weighted by molar-refractivity contribution is -0.139. The number of rotatable bonds is 6. The molecule has 0 aliphatic heterocycles. The number of aryl methyl sites for hydroxylation is 2. The normalized spacial score (nSPS) is 12.2. The first-order chi connectivity index (χ1) is 8.45. The molecule has 2 N–H and O–H groups in total. The molecule has 0 radical (unpaired) electrons. The highest BCUT2D eigenvalue weighted by atomic mass is 16.4. The molecule has 18 heavy (non-hydrogen) atoms. The third kappa shape index (κ3) is 3.58. The number of aliphatic carboxylic acids is 1. The Bertz CT molecular complexity index is 440. The van der Waals surface area contributed by atoms with Gasteiger partial charge >= 0.3 is 5.97 Å². The van der Waals surface area contributed by atoms with Crippen LogP contribution in [0.2, 0.25) is 0 Å². The molecule has 0 fully saturated rings. The quantitative estimate of drug-likeness (QED) is 0.795. The van der Waals surface area contributed by atoms with Crippen molar-refractivity contribution >= 4 is 11.9 Å². The number of carbonyl (C=O) groups is 2. The van der Waals surface area contributed by atoms with E-state index in [-0.39, 0.29) is 0 Å². The third-order valence-corrected chi connectivity index (χ3v) is 2.68. The third-order valence-electron chi connectivity index (χ3n) is 2.68. The minimum Gasteiger partial charge on any atom is -0.480 e. The van der Waals surface area contributed by atoms with E-state index in [4.69, 9.17) is 5.11 Å². The van der Waals surface area contributed by atoms with Gasteiger partial charge in [-0.1, -0.05) is 19.8 Å². The molecule has 0 aromatic carbocycles. The lowest BCUT2D eigenvalue weighted by Crippen LogP contribution is -2.41. The largest absolute Gasteiger partial charge is 0.480 e. The first-order valence-electron chi connectivity index (χ1n) is 6.00. The van der Waals surface area contributed by atoms with E-state index < -0.39 is 17.9 Å². The van der Waals surface area contributed by atoms with Crippen LogP contribution in [0.5, 0.6) is 0 Å². The van der Waals surface area contributed by atoms with Crippen LogP contribution in [0.1, 0.15) is 42.4 Å². The number of unbranched alkanes of at least 4 members (excludes halogenated alkanes) is 1. The predicted octanol–water partition coefficient (Wildman–Crippen LogP) is 1.10. The van der Waals surface area contributed by atoms with E-state index in [0.29, 0.717) is 12.1 Å². The lowest BCUT2D eigenvalue weighted by atomic mass is 10.1. The van der Waals surface area contributed by atoms with Crippen molar-refractivity contribution in [3.8, 4) is 0 Å². The fourth-order valence-corrected chi connectivity index (χ4v) is 1.72. The van der Waals surface area contributed by atoms with Gasteiger partial charge in [0.25, 0.3) is 5.91 Å². The second kappa shape index (κ2) is 6.18. The van der Waals surface area contributed by atoms with Crippen molar-refractivity contribution in [1.82, 2.24) is 15.1 Å². The average Bonchev–Trinajstić information content (AvgIpc) is 2.63. The maximum atomic E-state index is 11.9. The van der Waals surface area contributed by atoms with E-state index >= 15 is 0 Å². The number of hydrogen-bond acceptors (Lipinski definition) is 3. The summed E-state index contributed by atoms with van der Waals surface area (Å²) in [4.78, 5) is 22.9. The van der Waals surface area contributed by atoms with Gasteiger partial charge in [-0.05, 0) is 19.4 Å². The molecule has 1 aromatic heterocycles. The molecule has 6 heteroatoms. The Morgan fingerprint density at radius 3 is 2.67 bits per heavy atom. The molecule has 0 spiro atoms. The number of amides is 1. The van der Waals surface area contributed by atoms with Crippen LogP contribution >= 0.6 is 0 Å². The molecule has 100 valence electrons. The Kier molecular flexibility index (Phi) is 4.88. The highest BCUT2D eigenvalue weighted by Gasteiger charge is 2.21. The molecule has 1 atom stereocenters. The van der Waals surface area contributed by atoms with Gasteiger partial charge in [-0.2, -0.15) is 5.10 Å². The molecule has 0 saturated heterocycles. The van der Waals surface area contributed by atoms with Crippen molar-refractivity contribution in [3.63, 3.8) is 0 Å². The van der Waals surface area contributed by atoms with E-state index in [2.05, 4.69) is 10.4 Å². The predicted molar refractivity (Wildman–Crippen MR) is 66.4 cm³/mol. The van der Waals surface area contributed by atoms with Gasteiger partial charge in [-0.25, -0.2) is 4.79 Å². The number of carboxylic acid groups (broad SMARTS) is 1. The Labute approximate surface area is 106 Å². The van der Waals surface area contributed by atoms with Crippen LogP contribution in [0.25, 0.3) is 0 Å². The monoisotopic (exact) mass is 253 g/mol. The minimum atomic E-state index is -1.00. The zero-order chi connectivity index (χ0) is 13.7. The minimum absolute atomic E-state index is 0.371. The molecule has 1 aromatic rings. The maximum absolute atomic E-state index is 11.9. The smallest absolute Gasteiger partial charge is 0.326 e. The number of carboxylic acids is 1. The summed E-state index contributed by atoms with van der Waals surface area (Å²) in [6.07, 6.45) is 2.10. The molecule has 0 saturated carbocycles. The van der Waals surface area contributed by atoms with Crippen LogP contribution in [0.4, 0.5) is 0 Å². The lowest BCUT2D eigenvalue weighted by Gasteiger charge is -2.13. The summed E-state index contributed by atoms with van der Waals surface area (Å²) < 4.78 is 1.45. The van der Waals surface area contributed by atoms with Crippen molar-refractivity contribution in [3.05, 3.63) is 17.5 Å². The standard InChI is InChI=1S/C12H19N3O3/c1-4-5-6-9(12(17)18)13-11(16)10-7-8(2)14-15(10)3/h7,9H,4-6H2,1-3H3,(H,13,16)(H,17,18). The van der Waals surface area contributed by atoms with Crippen LogP contribution in [0.3, 0.4) is 0 Å². The van der Waals surface area contributed by atoms with Gasteiger partial charge in [0.05, 0.1) is 5.69 Å². The average molecular weight is 253 g/mol. The van der Waals surface area contributed by atoms with Crippen LogP contribution in [-0.2, 0) is 11.8 Å². The zero-order valence-electron chi connectivity index (χ0n) is 10.9. The fourth-order valence-electron chi connectivity index (χ4n) is 1.72. The SMILES string of the molecule is CCCCC(NC(=O)c1cc(C)nn1C)C(=O)O. The molecule has 6 nitrogen and oxygen atoms in total. The molecular formula is C12H19N3O3. The first-order valence-corrected chi connectivity index (χ1v) is 6.00. The maximum Gasteiger partial charge on any atom is 0.326 e. The van der Waals surface area contributed by atoms with Gasteiger partial charge < -0.3 is 10.4 Å².